The maximum absolute atomic E-state index is 13.6. The number of anilines is 1. The largest absolute Gasteiger partial charge is 0.325 e. The van der Waals surface area contributed by atoms with Crippen LogP contribution < -0.4 is 10.6 Å². The molecule has 158 valence electrons. The van der Waals surface area contributed by atoms with Crippen LogP contribution in [0.2, 0.25) is 0 Å². The summed E-state index contributed by atoms with van der Waals surface area (Å²) in [7, 11) is 0. The van der Waals surface area contributed by atoms with E-state index in [1.54, 1.807) is 16.9 Å². The first-order valence-corrected chi connectivity index (χ1v) is 9.72. The molecule has 10 heteroatoms. The first-order chi connectivity index (χ1) is 14.3. The molecule has 1 aliphatic carbocycles. The second-order valence-corrected chi connectivity index (χ2v) is 7.72. The van der Waals surface area contributed by atoms with Gasteiger partial charge in [0.1, 0.15) is 17.9 Å². The fourth-order valence-corrected chi connectivity index (χ4v) is 4.02. The van der Waals surface area contributed by atoms with Crippen molar-refractivity contribution in [3.05, 3.63) is 47.7 Å². The zero-order valence-corrected chi connectivity index (χ0v) is 16.3. The van der Waals surface area contributed by atoms with E-state index in [9.17, 15) is 23.2 Å². The van der Waals surface area contributed by atoms with Gasteiger partial charge in [-0.15, -0.1) is 0 Å². The van der Waals surface area contributed by atoms with Crippen LogP contribution >= 0.6 is 0 Å². The molecular weight excluding hydrogens is 396 g/mol. The molecule has 4 rings (SSSR count). The molecule has 1 saturated heterocycles. The number of nitrogens with zero attached hydrogens (tertiary/aromatic N) is 3. The second-order valence-electron chi connectivity index (χ2n) is 7.72. The molecule has 8 nitrogen and oxygen atoms in total. The van der Waals surface area contributed by atoms with Crippen LogP contribution in [0.15, 0.2) is 30.5 Å². The molecular formula is C20H21F2N5O3. The summed E-state index contributed by atoms with van der Waals surface area (Å²) in [4.78, 5) is 38.5. The molecule has 2 aliphatic rings. The van der Waals surface area contributed by atoms with Gasteiger partial charge in [-0.1, -0.05) is 18.9 Å². The Morgan fingerprint density at radius 2 is 1.97 bits per heavy atom. The van der Waals surface area contributed by atoms with Crippen molar-refractivity contribution in [3.63, 3.8) is 0 Å². The van der Waals surface area contributed by atoms with Crippen molar-refractivity contribution in [2.45, 2.75) is 44.2 Å². The minimum absolute atomic E-state index is 0.0852. The Morgan fingerprint density at radius 3 is 2.67 bits per heavy atom. The summed E-state index contributed by atoms with van der Waals surface area (Å²) < 4.78 is 28.6. The number of benzene rings is 1. The molecule has 2 aromatic rings. The lowest BCUT2D eigenvalue weighted by Crippen LogP contribution is -2.42. The standard InChI is InChI=1S/C20H21F2N5O3/c1-20(12-6-7-14(21)15(22)10-12)18(29)26(19(30)25-20)11-17(28)24-16-8-9-23-27(16)13-4-2-3-5-13/h6-10,13H,2-5,11H2,1H3,(H,24,28)(H,25,30). The van der Waals surface area contributed by atoms with E-state index in [-0.39, 0.29) is 11.6 Å². The third-order valence-electron chi connectivity index (χ3n) is 5.68. The number of carbonyl (C=O) groups excluding carboxylic acids is 3. The monoisotopic (exact) mass is 417 g/mol. The van der Waals surface area contributed by atoms with Crippen molar-refractivity contribution >= 4 is 23.7 Å². The van der Waals surface area contributed by atoms with Crippen LogP contribution in [0.25, 0.3) is 0 Å². The number of rotatable bonds is 5. The Morgan fingerprint density at radius 1 is 1.23 bits per heavy atom. The van der Waals surface area contributed by atoms with Gasteiger partial charge in [0.2, 0.25) is 5.91 Å². The highest BCUT2D eigenvalue weighted by molar-refractivity contribution is 6.10. The normalized spacial score (nSPS) is 21.9. The predicted molar refractivity (Wildman–Crippen MR) is 102 cm³/mol. The highest BCUT2D eigenvalue weighted by atomic mass is 19.2. The highest BCUT2D eigenvalue weighted by Gasteiger charge is 2.49. The minimum atomic E-state index is -1.60. The number of halogens is 2. The Labute approximate surface area is 171 Å². The first-order valence-electron chi connectivity index (χ1n) is 9.72. The van der Waals surface area contributed by atoms with E-state index in [1.165, 1.54) is 13.0 Å². The summed E-state index contributed by atoms with van der Waals surface area (Å²) >= 11 is 0. The Balaban J connectivity index is 1.48. The molecule has 2 N–H and O–H groups in total. The molecule has 1 atom stereocenters. The third kappa shape index (κ3) is 3.42. The van der Waals surface area contributed by atoms with Gasteiger partial charge in [0.05, 0.1) is 12.2 Å². The lowest BCUT2D eigenvalue weighted by Gasteiger charge is -2.22. The van der Waals surface area contributed by atoms with Crippen LogP contribution in [0.5, 0.6) is 0 Å². The number of aromatic nitrogens is 2. The molecule has 1 unspecified atom stereocenters. The number of hydrogen-bond donors (Lipinski definition) is 2. The molecule has 1 aromatic carbocycles. The summed E-state index contributed by atoms with van der Waals surface area (Å²) in [6, 6.07) is 4.05. The van der Waals surface area contributed by atoms with Gasteiger partial charge in [-0.2, -0.15) is 5.10 Å². The quantitative estimate of drug-likeness (QED) is 0.731. The van der Waals surface area contributed by atoms with Crippen molar-refractivity contribution in [3.8, 4) is 0 Å². The van der Waals surface area contributed by atoms with Crippen LogP contribution in [-0.4, -0.2) is 39.1 Å². The zero-order valence-electron chi connectivity index (χ0n) is 16.3. The van der Waals surface area contributed by atoms with E-state index in [2.05, 4.69) is 15.7 Å². The summed E-state index contributed by atoms with van der Waals surface area (Å²) in [5.41, 5.74) is -1.51. The van der Waals surface area contributed by atoms with Crippen molar-refractivity contribution < 1.29 is 23.2 Å². The number of imide groups is 1. The van der Waals surface area contributed by atoms with E-state index in [0.29, 0.717) is 5.82 Å². The lowest BCUT2D eigenvalue weighted by atomic mass is 9.92. The average molecular weight is 417 g/mol. The summed E-state index contributed by atoms with van der Waals surface area (Å²) in [6.07, 6.45) is 5.74. The fourth-order valence-electron chi connectivity index (χ4n) is 4.02. The number of urea groups is 1. The van der Waals surface area contributed by atoms with Gasteiger partial charge in [-0.25, -0.2) is 18.3 Å². The molecule has 4 amide bonds. The van der Waals surface area contributed by atoms with Crippen LogP contribution in [0, 0.1) is 11.6 Å². The van der Waals surface area contributed by atoms with Crippen molar-refractivity contribution in [2.24, 2.45) is 0 Å². The van der Waals surface area contributed by atoms with E-state index < -0.39 is 41.6 Å². The number of carbonyl (C=O) groups is 3. The minimum Gasteiger partial charge on any atom is -0.319 e. The van der Waals surface area contributed by atoms with Gasteiger partial charge < -0.3 is 10.6 Å². The molecule has 0 radical (unpaired) electrons. The summed E-state index contributed by atoms with van der Waals surface area (Å²) in [5.74, 6) is -2.98. The van der Waals surface area contributed by atoms with E-state index in [1.807, 2.05) is 0 Å². The first kappa shape index (κ1) is 20.0. The SMILES string of the molecule is CC1(c2ccc(F)c(F)c2)NC(=O)N(CC(=O)Nc2ccnn2C2CCCC2)C1=O. The van der Waals surface area contributed by atoms with Gasteiger partial charge >= 0.3 is 6.03 Å². The average Bonchev–Trinajstić information content (AvgIpc) is 3.42. The number of amides is 4. The molecule has 1 aliphatic heterocycles. The molecule has 0 spiro atoms. The molecule has 0 bridgehead atoms. The Bertz CT molecular complexity index is 1020. The Hall–Kier alpha value is -3.30. The summed E-state index contributed by atoms with van der Waals surface area (Å²) in [6.45, 7) is 0.868. The summed E-state index contributed by atoms with van der Waals surface area (Å²) in [5, 5.41) is 9.43. The second kappa shape index (κ2) is 7.51. The topological polar surface area (TPSA) is 96.3 Å². The molecule has 2 heterocycles. The third-order valence-corrected chi connectivity index (χ3v) is 5.68. The van der Waals surface area contributed by atoms with E-state index in [4.69, 9.17) is 0 Å². The van der Waals surface area contributed by atoms with Crippen LogP contribution in [0.4, 0.5) is 19.4 Å². The smallest absolute Gasteiger partial charge is 0.319 e. The van der Waals surface area contributed by atoms with Gasteiger partial charge in [0.15, 0.2) is 11.6 Å². The maximum Gasteiger partial charge on any atom is 0.325 e. The molecule has 1 aromatic heterocycles. The molecule has 1 saturated carbocycles. The maximum atomic E-state index is 13.6. The van der Waals surface area contributed by atoms with Crippen molar-refractivity contribution in [1.82, 2.24) is 20.0 Å². The number of nitrogens with one attached hydrogen (secondary N) is 2. The van der Waals surface area contributed by atoms with Gasteiger partial charge in [0.25, 0.3) is 5.91 Å². The van der Waals surface area contributed by atoms with Crippen molar-refractivity contribution in [2.75, 3.05) is 11.9 Å². The van der Waals surface area contributed by atoms with Gasteiger partial charge in [-0.05, 0) is 37.5 Å². The highest BCUT2D eigenvalue weighted by Crippen LogP contribution is 2.32. The van der Waals surface area contributed by atoms with Gasteiger partial charge in [-0.3, -0.25) is 14.5 Å². The lowest BCUT2D eigenvalue weighted by molar-refractivity contribution is -0.133. The molecule has 2 fully saturated rings. The van der Waals surface area contributed by atoms with Crippen LogP contribution in [0.3, 0.4) is 0 Å². The predicted octanol–water partition coefficient (Wildman–Crippen LogP) is 2.68. The van der Waals surface area contributed by atoms with Crippen LogP contribution in [0.1, 0.15) is 44.2 Å². The molecule has 30 heavy (non-hydrogen) atoms. The number of hydrogen-bond acceptors (Lipinski definition) is 4. The fraction of sp³-hybridized carbons (Fsp3) is 0.400. The van der Waals surface area contributed by atoms with E-state index in [0.717, 1.165) is 42.7 Å². The van der Waals surface area contributed by atoms with Crippen molar-refractivity contribution in [1.29, 1.82) is 0 Å². The Kier molecular flexibility index (Phi) is 5.00. The van der Waals surface area contributed by atoms with Gasteiger partial charge in [0, 0.05) is 6.07 Å². The zero-order chi connectivity index (χ0) is 21.5. The van der Waals surface area contributed by atoms with Crippen LogP contribution in [-0.2, 0) is 15.1 Å². The van der Waals surface area contributed by atoms with E-state index >= 15 is 0 Å².